The van der Waals surface area contributed by atoms with Crippen LogP contribution in [0.4, 0.5) is 0 Å². The van der Waals surface area contributed by atoms with Crippen LogP contribution in [0.1, 0.15) is 76.6 Å². The largest absolute Gasteiger partial charge is 0.303 e. The predicted molar refractivity (Wildman–Crippen MR) is 119 cm³/mol. The predicted octanol–water partition coefficient (Wildman–Crippen LogP) is 6.23. The Morgan fingerprint density at radius 3 is 1.07 bits per heavy atom. The molecule has 0 saturated heterocycles. The zero-order chi connectivity index (χ0) is 21.2. The highest BCUT2D eigenvalue weighted by Crippen LogP contribution is 2.23. The summed E-state index contributed by atoms with van der Waals surface area (Å²) in [5.41, 5.74) is 5.58. The number of hydrogen-bond acceptors (Lipinski definition) is 2. The van der Waals surface area contributed by atoms with Gasteiger partial charge < -0.3 is 9.59 Å². The molecule has 0 unspecified atom stereocenters. The van der Waals surface area contributed by atoms with E-state index in [-0.39, 0.29) is 10.8 Å². The molecule has 0 atom stereocenters. The van der Waals surface area contributed by atoms with Crippen LogP contribution >= 0.6 is 0 Å². The smallest absolute Gasteiger partial charge is 0.120 e. The third kappa shape index (κ3) is 8.65. The lowest BCUT2D eigenvalue weighted by molar-refractivity contribution is -0.108. The number of carbonyl (C=O) groups is 2. The van der Waals surface area contributed by atoms with E-state index in [2.05, 4.69) is 90.1 Å². The van der Waals surface area contributed by atoms with Gasteiger partial charge in [-0.2, -0.15) is 0 Å². The summed E-state index contributed by atoms with van der Waals surface area (Å²) in [4.78, 5) is 20.4. The van der Waals surface area contributed by atoms with Crippen molar-refractivity contribution in [1.82, 2.24) is 0 Å². The lowest BCUT2D eigenvalue weighted by Gasteiger charge is -2.19. The highest BCUT2D eigenvalue weighted by atomic mass is 16.1. The molecule has 2 heteroatoms. The molecule has 0 bridgehead atoms. The molecule has 28 heavy (non-hydrogen) atoms. The molecule has 0 N–H and O–H groups in total. The second-order valence-corrected chi connectivity index (χ2v) is 9.30. The first-order valence-corrected chi connectivity index (χ1v) is 10.1. The molecule has 2 aromatic carbocycles. The maximum Gasteiger partial charge on any atom is 0.120 e. The number of hydrogen-bond donors (Lipinski definition) is 0. The molecule has 2 nitrogen and oxygen atoms in total. The van der Waals surface area contributed by atoms with Crippen molar-refractivity contribution in [3.63, 3.8) is 0 Å². The standard InChI is InChI=1S/2C13H18O/c2*1-13(2,3)12-8-6-11(7-9-12)5-4-10-14/h2*6-10H,4-5H2,1-3H3. The quantitative estimate of drug-likeness (QED) is 0.557. The van der Waals surface area contributed by atoms with Crippen molar-refractivity contribution in [2.24, 2.45) is 0 Å². The van der Waals surface area contributed by atoms with Crippen molar-refractivity contribution in [3.8, 4) is 0 Å². The number of rotatable bonds is 6. The Kier molecular flexibility index (Phi) is 9.31. The first-order chi connectivity index (χ1) is 13.1. The molecule has 0 amide bonds. The molecule has 0 saturated carbocycles. The number of aldehydes is 2. The topological polar surface area (TPSA) is 34.1 Å². The van der Waals surface area contributed by atoms with Crippen LogP contribution in [-0.2, 0) is 33.3 Å². The normalized spacial score (nSPS) is 11.4. The summed E-state index contributed by atoms with van der Waals surface area (Å²) < 4.78 is 0. The maximum absolute atomic E-state index is 10.2. The Morgan fingerprint density at radius 2 is 0.857 bits per heavy atom. The van der Waals surface area contributed by atoms with Crippen molar-refractivity contribution in [3.05, 3.63) is 70.8 Å². The van der Waals surface area contributed by atoms with Crippen LogP contribution in [0.3, 0.4) is 0 Å². The van der Waals surface area contributed by atoms with Gasteiger partial charge in [-0.25, -0.2) is 0 Å². The fourth-order valence-corrected chi connectivity index (χ4v) is 2.79. The average Bonchev–Trinajstić information content (AvgIpc) is 2.64. The Hall–Kier alpha value is -2.22. The fraction of sp³-hybridized carbons (Fsp3) is 0.462. The summed E-state index contributed by atoms with van der Waals surface area (Å²) in [5.74, 6) is 0. The van der Waals surface area contributed by atoms with Crippen LogP contribution < -0.4 is 0 Å². The molecular weight excluding hydrogens is 344 g/mol. The van der Waals surface area contributed by atoms with Gasteiger partial charge in [0, 0.05) is 12.8 Å². The second-order valence-electron chi connectivity index (χ2n) is 9.30. The average molecular weight is 381 g/mol. The first-order valence-electron chi connectivity index (χ1n) is 10.1. The third-order valence-electron chi connectivity index (χ3n) is 4.74. The van der Waals surface area contributed by atoms with Crippen molar-refractivity contribution in [2.45, 2.75) is 78.1 Å². The Bertz CT molecular complexity index is 646. The molecule has 2 aromatic rings. The van der Waals surface area contributed by atoms with E-state index in [1.54, 1.807) is 0 Å². The van der Waals surface area contributed by atoms with Crippen molar-refractivity contribution in [2.75, 3.05) is 0 Å². The van der Waals surface area contributed by atoms with E-state index in [0.717, 1.165) is 25.4 Å². The second kappa shape index (κ2) is 10.9. The molecule has 0 aromatic heterocycles. The van der Waals surface area contributed by atoms with Gasteiger partial charge in [-0.15, -0.1) is 0 Å². The monoisotopic (exact) mass is 380 g/mol. The minimum Gasteiger partial charge on any atom is -0.303 e. The molecule has 0 fully saturated rings. The minimum absolute atomic E-state index is 0.211. The van der Waals surface area contributed by atoms with Crippen molar-refractivity contribution >= 4 is 12.6 Å². The number of aryl methyl sites for hydroxylation is 2. The molecule has 152 valence electrons. The summed E-state index contributed by atoms with van der Waals surface area (Å²) >= 11 is 0. The maximum atomic E-state index is 10.2. The van der Waals surface area contributed by atoms with E-state index in [4.69, 9.17) is 0 Å². The van der Waals surface area contributed by atoms with Gasteiger partial charge in [0.05, 0.1) is 0 Å². The summed E-state index contributed by atoms with van der Waals surface area (Å²) in [6, 6.07) is 17.1. The first kappa shape index (κ1) is 23.8. The van der Waals surface area contributed by atoms with Gasteiger partial charge in [0.15, 0.2) is 0 Å². The van der Waals surface area contributed by atoms with Crippen LogP contribution in [-0.4, -0.2) is 12.6 Å². The van der Waals surface area contributed by atoms with E-state index in [1.807, 2.05) is 0 Å². The van der Waals surface area contributed by atoms with Crippen LogP contribution in [0, 0.1) is 0 Å². The molecule has 2 rings (SSSR count). The SMILES string of the molecule is CC(C)(C)c1ccc(CCC=O)cc1.CC(C)(C)c1ccc(CCC=O)cc1. The van der Waals surface area contributed by atoms with E-state index in [1.165, 1.54) is 22.3 Å². The molecular formula is C26H36O2. The zero-order valence-electron chi connectivity index (χ0n) is 18.4. The van der Waals surface area contributed by atoms with Crippen LogP contribution in [0.25, 0.3) is 0 Å². The molecule has 0 spiro atoms. The summed E-state index contributed by atoms with van der Waals surface area (Å²) in [7, 11) is 0. The van der Waals surface area contributed by atoms with E-state index >= 15 is 0 Å². The van der Waals surface area contributed by atoms with Crippen LogP contribution in [0.5, 0.6) is 0 Å². The van der Waals surface area contributed by atoms with Gasteiger partial charge in [-0.1, -0.05) is 90.1 Å². The van der Waals surface area contributed by atoms with Crippen LogP contribution in [0.15, 0.2) is 48.5 Å². The van der Waals surface area contributed by atoms with Crippen LogP contribution in [0.2, 0.25) is 0 Å². The Morgan fingerprint density at radius 1 is 0.571 bits per heavy atom. The molecule has 0 radical (unpaired) electrons. The van der Waals surface area contributed by atoms with Gasteiger partial charge in [0.25, 0.3) is 0 Å². The van der Waals surface area contributed by atoms with E-state index in [9.17, 15) is 9.59 Å². The molecule has 0 heterocycles. The van der Waals surface area contributed by atoms with E-state index in [0.29, 0.717) is 12.8 Å². The Balaban J connectivity index is 0.000000280. The lowest BCUT2D eigenvalue weighted by atomic mass is 9.86. The summed E-state index contributed by atoms with van der Waals surface area (Å²) in [6.07, 6.45) is 4.89. The number of benzene rings is 2. The fourth-order valence-electron chi connectivity index (χ4n) is 2.79. The summed E-state index contributed by atoms with van der Waals surface area (Å²) in [5, 5.41) is 0. The van der Waals surface area contributed by atoms with E-state index < -0.39 is 0 Å². The highest BCUT2D eigenvalue weighted by Gasteiger charge is 2.13. The van der Waals surface area contributed by atoms with Crippen molar-refractivity contribution < 1.29 is 9.59 Å². The zero-order valence-corrected chi connectivity index (χ0v) is 18.4. The Labute approximate surface area is 171 Å². The number of carbonyl (C=O) groups excluding carboxylic acids is 2. The van der Waals surface area contributed by atoms with Gasteiger partial charge in [-0.3, -0.25) is 0 Å². The molecule has 0 aliphatic rings. The lowest BCUT2D eigenvalue weighted by Crippen LogP contribution is -2.10. The van der Waals surface area contributed by atoms with Gasteiger partial charge >= 0.3 is 0 Å². The highest BCUT2D eigenvalue weighted by molar-refractivity contribution is 5.50. The van der Waals surface area contributed by atoms with Gasteiger partial charge in [0.2, 0.25) is 0 Å². The minimum atomic E-state index is 0.211. The van der Waals surface area contributed by atoms with Crippen molar-refractivity contribution in [1.29, 1.82) is 0 Å². The molecule has 0 aliphatic carbocycles. The third-order valence-corrected chi connectivity index (χ3v) is 4.74. The van der Waals surface area contributed by atoms with Gasteiger partial charge in [0.1, 0.15) is 12.6 Å². The van der Waals surface area contributed by atoms with Gasteiger partial charge in [-0.05, 0) is 45.9 Å². The molecule has 0 aliphatic heterocycles. The summed E-state index contributed by atoms with van der Waals surface area (Å²) in [6.45, 7) is 13.2.